The molecule has 1 atom stereocenters. The van der Waals surface area contributed by atoms with E-state index in [1.54, 1.807) is 35.2 Å². The maximum atomic E-state index is 12.2. The van der Waals surface area contributed by atoms with Crippen molar-refractivity contribution in [3.8, 4) is 5.75 Å². The summed E-state index contributed by atoms with van der Waals surface area (Å²) in [6.07, 6.45) is 2.86. The van der Waals surface area contributed by atoms with Crippen molar-refractivity contribution in [2.75, 3.05) is 19.7 Å². The van der Waals surface area contributed by atoms with Gasteiger partial charge >= 0.3 is 0 Å². The molecule has 1 amide bonds. The van der Waals surface area contributed by atoms with Gasteiger partial charge in [-0.1, -0.05) is 12.1 Å². The summed E-state index contributed by atoms with van der Waals surface area (Å²) in [4.78, 5) is 13.9. The van der Waals surface area contributed by atoms with E-state index in [0.717, 1.165) is 5.56 Å². The summed E-state index contributed by atoms with van der Waals surface area (Å²) < 4.78 is 5.68. The molecular weight excluding hydrogens is 270 g/mol. The van der Waals surface area contributed by atoms with Crippen LogP contribution in [0.2, 0.25) is 0 Å². The van der Waals surface area contributed by atoms with Crippen LogP contribution in [-0.2, 0) is 9.53 Å². The van der Waals surface area contributed by atoms with Crippen LogP contribution in [0.1, 0.15) is 19.4 Å². The number of phenolic OH excluding ortho intramolecular Hbond substituents is 1. The van der Waals surface area contributed by atoms with Crippen LogP contribution in [0.3, 0.4) is 0 Å². The lowest BCUT2D eigenvalue weighted by Gasteiger charge is -2.41. The average Bonchev–Trinajstić information content (AvgIpc) is 2.44. The van der Waals surface area contributed by atoms with Gasteiger partial charge in [-0.25, -0.2) is 0 Å². The molecule has 0 spiro atoms. The van der Waals surface area contributed by atoms with Gasteiger partial charge in [-0.2, -0.15) is 0 Å². The Morgan fingerprint density at radius 1 is 1.43 bits per heavy atom. The smallest absolute Gasteiger partial charge is 0.246 e. The predicted octanol–water partition coefficient (Wildman–Crippen LogP) is 1.40. The van der Waals surface area contributed by atoms with Crippen LogP contribution in [0.4, 0.5) is 0 Å². The number of benzene rings is 1. The molecule has 1 aromatic rings. The molecule has 0 aromatic heterocycles. The number of aliphatic hydroxyl groups is 1. The molecule has 21 heavy (non-hydrogen) atoms. The molecule has 5 heteroatoms. The van der Waals surface area contributed by atoms with Crippen molar-refractivity contribution in [2.45, 2.75) is 25.6 Å². The van der Waals surface area contributed by atoms with Crippen molar-refractivity contribution in [3.05, 3.63) is 35.9 Å². The minimum atomic E-state index is -0.465. The number of ether oxygens (including phenoxy) is 1. The molecule has 114 valence electrons. The minimum absolute atomic E-state index is 0.102. The summed E-state index contributed by atoms with van der Waals surface area (Å²) in [6, 6.07) is 6.62. The number of hydrogen-bond acceptors (Lipinski definition) is 4. The van der Waals surface area contributed by atoms with Crippen LogP contribution in [0.15, 0.2) is 30.3 Å². The third-order valence-electron chi connectivity index (χ3n) is 3.31. The van der Waals surface area contributed by atoms with E-state index in [2.05, 4.69) is 0 Å². The molecule has 0 radical (unpaired) electrons. The van der Waals surface area contributed by atoms with Gasteiger partial charge in [0.25, 0.3) is 0 Å². The van der Waals surface area contributed by atoms with E-state index in [1.165, 1.54) is 6.08 Å². The summed E-state index contributed by atoms with van der Waals surface area (Å²) in [7, 11) is 0. The van der Waals surface area contributed by atoms with E-state index in [0.29, 0.717) is 13.1 Å². The zero-order valence-corrected chi connectivity index (χ0v) is 12.3. The topological polar surface area (TPSA) is 70.0 Å². The van der Waals surface area contributed by atoms with Gasteiger partial charge in [-0.15, -0.1) is 0 Å². The molecule has 0 aliphatic carbocycles. The van der Waals surface area contributed by atoms with E-state index < -0.39 is 5.60 Å². The van der Waals surface area contributed by atoms with Crippen LogP contribution in [-0.4, -0.2) is 52.4 Å². The van der Waals surface area contributed by atoms with E-state index in [4.69, 9.17) is 4.74 Å². The Morgan fingerprint density at radius 2 is 2.10 bits per heavy atom. The SMILES string of the molecule is CC1(C)CN(C(=O)/C=C/c2ccc(O)cc2)CC(CO)O1. The second-order valence-corrected chi connectivity index (χ2v) is 5.83. The number of morpholine rings is 1. The van der Waals surface area contributed by atoms with Crippen LogP contribution in [0.25, 0.3) is 6.08 Å². The quantitative estimate of drug-likeness (QED) is 0.826. The molecule has 2 N–H and O–H groups in total. The van der Waals surface area contributed by atoms with Gasteiger partial charge in [0.2, 0.25) is 5.91 Å². The van der Waals surface area contributed by atoms with E-state index >= 15 is 0 Å². The number of amides is 1. The molecule has 0 saturated carbocycles. The summed E-state index contributed by atoms with van der Waals surface area (Å²) >= 11 is 0. The molecule has 1 aliphatic rings. The molecule has 5 nitrogen and oxygen atoms in total. The van der Waals surface area contributed by atoms with Crippen molar-refractivity contribution in [1.29, 1.82) is 0 Å². The highest BCUT2D eigenvalue weighted by atomic mass is 16.5. The minimum Gasteiger partial charge on any atom is -0.508 e. The molecule has 1 saturated heterocycles. The number of rotatable bonds is 3. The normalized spacial score (nSPS) is 21.7. The Bertz CT molecular complexity index is 522. The molecule has 1 aromatic carbocycles. The van der Waals surface area contributed by atoms with Crippen LogP contribution in [0.5, 0.6) is 5.75 Å². The maximum absolute atomic E-state index is 12.2. The van der Waals surface area contributed by atoms with Crippen molar-refractivity contribution in [2.24, 2.45) is 0 Å². The fourth-order valence-corrected chi connectivity index (χ4v) is 2.42. The first-order chi connectivity index (χ1) is 9.89. The molecule has 2 rings (SSSR count). The van der Waals surface area contributed by atoms with Gasteiger partial charge in [-0.05, 0) is 37.6 Å². The Kier molecular flexibility index (Phi) is 4.65. The number of hydrogen-bond donors (Lipinski definition) is 2. The summed E-state index contributed by atoms with van der Waals surface area (Å²) in [5.41, 5.74) is 0.376. The van der Waals surface area contributed by atoms with E-state index in [-0.39, 0.29) is 24.4 Å². The second-order valence-electron chi connectivity index (χ2n) is 5.83. The van der Waals surface area contributed by atoms with Gasteiger partial charge in [0, 0.05) is 19.2 Å². The number of carbonyl (C=O) groups is 1. The summed E-state index contributed by atoms with van der Waals surface area (Å²) in [5.74, 6) is 0.0806. The Labute approximate surface area is 124 Å². The van der Waals surface area contributed by atoms with Crippen molar-refractivity contribution in [1.82, 2.24) is 4.90 Å². The highest BCUT2D eigenvalue weighted by Gasteiger charge is 2.34. The standard InChI is InChI=1S/C16H21NO4/c1-16(2)11-17(9-14(10-18)21-16)15(20)8-5-12-3-6-13(19)7-4-12/h3-8,14,18-19H,9-11H2,1-2H3/b8-5+. The number of aliphatic hydroxyl groups excluding tert-OH is 1. The molecule has 1 heterocycles. The van der Waals surface area contributed by atoms with Crippen molar-refractivity contribution >= 4 is 12.0 Å². The predicted molar refractivity (Wildman–Crippen MR) is 79.8 cm³/mol. The molecular formula is C16H21NO4. The van der Waals surface area contributed by atoms with Gasteiger partial charge in [0.1, 0.15) is 5.75 Å². The lowest BCUT2D eigenvalue weighted by atomic mass is 10.1. The lowest BCUT2D eigenvalue weighted by molar-refractivity contribution is -0.163. The lowest BCUT2D eigenvalue weighted by Crippen LogP contribution is -2.55. The molecule has 1 aliphatic heterocycles. The largest absolute Gasteiger partial charge is 0.508 e. The fraction of sp³-hybridized carbons (Fsp3) is 0.438. The summed E-state index contributed by atoms with van der Waals surface area (Å²) in [5, 5.41) is 18.5. The first kappa shape index (κ1) is 15.5. The number of phenols is 1. The van der Waals surface area contributed by atoms with E-state index in [9.17, 15) is 15.0 Å². The Balaban J connectivity index is 2.03. The number of carbonyl (C=O) groups excluding carboxylic acids is 1. The zero-order valence-electron chi connectivity index (χ0n) is 12.3. The van der Waals surface area contributed by atoms with Gasteiger partial charge in [0.05, 0.1) is 18.3 Å². The molecule has 0 bridgehead atoms. The fourth-order valence-electron chi connectivity index (χ4n) is 2.42. The number of nitrogens with zero attached hydrogens (tertiary/aromatic N) is 1. The Hall–Kier alpha value is -1.85. The average molecular weight is 291 g/mol. The van der Waals surface area contributed by atoms with Crippen LogP contribution >= 0.6 is 0 Å². The van der Waals surface area contributed by atoms with Gasteiger partial charge < -0.3 is 19.8 Å². The summed E-state index contributed by atoms with van der Waals surface area (Å²) in [6.45, 7) is 4.58. The van der Waals surface area contributed by atoms with Crippen molar-refractivity contribution in [3.63, 3.8) is 0 Å². The van der Waals surface area contributed by atoms with Crippen LogP contribution < -0.4 is 0 Å². The molecule has 1 fully saturated rings. The first-order valence-corrected chi connectivity index (χ1v) is 6.94. The zero-order chi connectivity index (χ0) is 15.5. The number of aromatic hydroxyl groups is 1. The van der Waals surface area contributed by atoms with E-state index in [1.807, 2.05) is 13.8 Å². The second kappa shape index (κ2) is 6.28. The van der Waals surface area contributed by atoms with Crippen molar-refractivity contribution < 1.29 is 19.7 Å². The highest BCUT2D eigenvalue weighted by molar-refractivity contribution is 5.91. The third-order valence-corrected chi connectivity index (χ3v) is 3.31. The van der Waals surface area contributed by atoms with Gasteiger partial charge in [0.15, 0.2) is 0 Å². The highest BCUT2D eigenvalue weighted by Crippen LogP contribution is 2.21. The van der Waals surface area contributed by atoms with Gasteiger partial charge in [-0.3, -0.25) is 4.79 Å². The first-order valence-electron chi connectivity index (χ1n) is 6.94. The molecule has 1 unspecified atom stereocenters. The Morgan fingerprint density at radius 3 is 2.71 bits per heavy atom. The van der Waals surface area contributed by atoms with Crippen LogP contribution in [0, 0.1) is 0 Å². The maximum Gasteiger partial charge on any atom is 0.246 e. The monoisotopic (exact) mass is 291 g/mol. The third kappa shape index (κ3) is 4.31.